The van der Waals surface area contributed by atoms with Crippen LogP contribution >= 0.6 is 0 Å². The third kappa shape index (κ3) is 2.42. The number of hydrogen-bond donors (Lipinski definition) is 1. The third-order valence-corrected chi connectivity index (χ3v) is 3.07. The molecule has 1 aliphatic heterocycles. The summed E-state index contributed by atoms with van der Waals surface area (Å²) in [5.74, 6) is -1.88. The first kappa shape index (κ1) is 14.2. The van der Waals surface area contributed by atoms with E-state index in [1.165, 1.54) is 4.90 Å². The highest BCUT2D eigenvalue weighted by molar-refractivity contribution is 5.91. The van der Waals surface area contributed by atoms with E-state index in [4.69, 9.17) is 0 Å². The molecule has 0 unspecified atom stereocenters. The number of nitrogens with zero attached hydrogens (tertiary/aromatic N) is 2. The van der Waals surface area contributed by atoms with Gasteiger partial charge in [0.25, 0.3) is 5.69 Å². The van der Waals surface area contributed by atoms with Gasteiger partial charge < -0.3 is 14.7 Å². The fourth-order valence-corrected chi connectivity index (χ4v) is 2.16. The zero-order valence-corrected chi connectivity index (χ0v) is 10.9. The van der Waals surface area contributed by atoms with Crippen molar-refractivity contribution in [2.45, 2.75) is 12.5 Å². The molecule has 1 fully saturated rings. The predicted octanol–water partition coefficient (Wildman–Crippen LogP) is 1.09. The highest BCUT2D eigenvalue weighted by atomic mass is 19.1. The number of aliphatic hydroxyl groups is 1. The van der Waals surface area contributed by atoms with Crippen molar-refractivity contribution in [3.8, 4) is 0 Å². The highest BCUT2D eigenvalue weighted by Gasteiger charge is 2.40. The van der Waals surface area contributed by atoms with Gasteiger partial charge in [-0.25, -0.2) is 9.18 Å². The summed E-state index contributed by atoms with van der Waals surface area (Å²) < 4.78 is 18.2. The van der Waals surface area contributed by atoms with Gasteiger partial charge in [0.1, 0.15) is 17.1 Å². The zero-order valence-electron chi connectivity index (χ0n) is 10.9. The molecule has 20 heavy (non-hydrogen) atoms. The summed E-state index contributed by atoms with van der Waals surface area (Å²) in [6.45, 7) is 1.89. The molecule has 7 nitrogen and oxygen atoms in total. The van der Waals surface area contributed by atoms with Gasteiger partial charge in [0, 0.05) is 25.2 Å². The van der Waals surface area contributed by atoms with Gasteiger partial charge >= 0.3 is 5.97 Å². The first-order chi connectivity index (χ1) is 9.25. The van der Waals surface area contributed by atoms with E-state index in [2.05, 4.69) is 4.74 Å². The summed E-state index contributed by atoms with van der Waals surface area (Å²) in [5.41, 5.74) is -1.81. The number of β-amino-alcohol motifs (C(OH)–C–C–N with tert-alkyl or cyclic N) is 1. The Morgan fingerprint density at radius 3 is 2.60 bits per heavy atom. The number of nitro groups is 1. The molecule has 108 valence electrons. The number of hydrogen-bond acceptors (Lipinski definition) is 6. The van der Waals surface area contributed by atoms with Crippen molar-refractivity contribution < 1.29 is 24.0 Å². The van der Waals surface area contributed by atoms with Gasteiger partial charge in [0.15, 0.2) is 0 Å². The van der Waals surface area contributed by atoms with E-state index in [1.54, 1.807) is 6.92 Å². The lowest BCUT2D eigenvalue weighted by Gasteiger charge is -2.45. The Hall–Kier alpha value is -2.22. The number of esters is 1. The molecule has 0 bridgehead atoms. The van der Waals surface area contributed by atoms with Crippen LogP contribution in [0.3, 0.4) is 0 Å². The molecule has 8 heteroatoms. The maximum atomic E-state index is 13.8. The molecule has 0 amide bonds. The molecule has 1 aliphatic rings. The molecular weight excluding hydrogens is 271 g/mol. The summed E-state index contributed by atoms with van der Waals surface area (Å²) in [4.78, 5) is 23.2. The number of nitro benzene ring substituents is 1. The minimum absolute atomic E-state index is 0.0340. The SMILES string of the molecule is COC(=O)c1cc([N+](=O)[O-])c(N2CC(C)(O)C2)cc1F. The predicted molar refractivity (Wildman–Crippen MR) is 67.2 cm³/mol. The Morgan fingerprint density at radius 1 is 1.55 bits per heavy atom. The second kappa shape index (κ2) is 4.71. The minimum Gasteiger partial charge on any atom is -0.465 e. The van der Waals surface area contributed by atoms with E-state index in [0.717, 1.165) is 19.2 Å². The van der Waals surface area contributed by atoms with Crippen LogP contribution in [0.1, 0.15) is 17.3 Å². The van der Waals surface area contributed by atoms with Crippen molar-refractivity contribution in [2.24, 2.45) is 0 Å². The van der Waals surface area contributed by atoms with E-state index in [9.17, 15) is 24.4 Å². The molecule has 0 atom stereocenters. The highest BCUT2D eigenvalue weighted by Crippen LogP contribution is 2.36. The zero-order chi connectivity index (χ0) is 15.1. The summed E-state index contributed by atoms with van der Waals surface area (Å²) in [6, 6.07) is 1.77. The largest absolute Gasteiger partial charge is 0.465 e. The number of methoxy groups -OCH3 is 1. The fraction of sp³-hybridized carbons (Fsp3) is 0.417. The standard InChI is InChI=1S/C12H13FN2O5/c1-12(17)5-14(6-12)9-4-8(13)7(11(16)20-2)3-10(9)15(18)19/h3-4,17H,5-6H2,1-2H3. The molecular formula is C12H13FN2O5. The second-order valence-corrected chi connectivity index (χ2v) is 4.92. The van der Waals surface area contributed by atoms with Crippen molar-refractivity contribution >= 4 is 17.3 Å². The van der Waals surface area contributed by atoms with Crippen LogP contribution in [0.15, 0.2) is 12.1 Å². The van der Waals surface area contributed by atoms with E-state index in [0.29, 0.717) is 0 Å². The van der Waals surface area contributed by atoms with Gasteiger partial charge in [-0.2, -0.15) is 0 Å². The van der Waals surface area contributed by atoms with Gasteiger partial charge in [-0.3, -0.25) is 10.1 Å². The number of rotatable bonds is 3. The molecule has 1 aromatic rings. The third-order valence-electron chi connectivity index (χ3n) is 3.07. The normalized spacial score (nSPS) is 16.5. The molecule has 1 aromatic carbocycles. The number of ether oxygens (including phenoxy) is 1. The fourth-order valence-electron chi connectivity index (χ4n) is 2.16. The van der Waals surface area contributed by atoms with Gasteiger partial charge in [-0.15, -0.1) is 0 Å². The lowest BCUT2D eigenvalue weighted by atomic mass is 9.95. The van der Waals surface area contributed by atoms with Gasteiger partial charge in [0.2, 0.25) is 0 Å². The summed E-state index contributed by atoms with van der Waals surface area (Å²) >= 11 is 0. The van der Waals surface area contributed by atoms with Crippen LogP contribution in [-0.2, 0) is 4.74 Å². The lowest BCUT2D eigenvalue weighted by Crippen LogP contribution is -2.60. The molecule has 2 rings (SSSR count). The molecule has 0 aliphatic carbocycles. The molecule has 0 spiro atoms. The number of anilines is 1. The van der Waals surface area contributed by atoms with Crippen molar-refractivity contribution in [3.63, 3.8) is 0 Å². The van der Waals surface area contributed by atoms with E-state index >= 15 is 0 Å². The van der Waals surface area contributed by atoms with Crippen LogP contribution in [0.25, 0.3) is 0 Å². The topological polar surface area (TPSA) is 92.9 Å². The Balaban J connectivity index is 2.45. The summed E-state index contributed by atoms with van der Waals surface area (Å²) in [6.07, 6.45) is 0. The van der Waals surface area contributed by atoms with Crippen molar-refractivity contribution in [3.05, 3.63) is 33.6 Å². The maximum absolute atomic E-state index is 13.8. The first-order valence-electron chi connectivity index (χ1n) is 5.79. The van der Waals surface area contributed by atoms with Gasteiger partial charge in [-0.1, -0.05) is 0 Å². The first-order valence-corrected chi connectivity index (χ1v) is 5.79. The van der Waals surface area contributed by atoms with Crippen LogP contribution in [-0.4, -0.2) is 41.8 Å². The maximum Gasteiger partial charge on any atom is 0.341 e. The monoisotopic (exact) mass is 284 g/mol. The van der Waals surface area contributed by atoms with Crippen molar-refractivity contribution in [2.75, 3.05) is 25.1 Å². The number of halogens is 1. The van der Waals surface area contributed by atoms with Crippen LogP contribution in [0.2, 0.25) is 0 Å². The molecule has 1 N–H and O–H groups in total. The molecule has 0 radical (unpaired) electrons. The molecule has 0 saturated carbocycles. The quantitative estimate of drug-likeness (QED) is 0.507. The van der Waals surface area contributed by atoms with E-state index in [1.807, 2.05) is 0 Å². The smallest absolute Gasteiger partial charge is 0.341 e. The Labute approximate surface area is 113 Å². The number of carbonyl (C=O) groups is 1. The number of carbonyl (C=O) groups excluding carboxylic acids is 1. The van der Waals surface area contributed by atoms with Crippen molar-refractivity contribution in [1.29, 1.82) is 0 Å². The van der Waals surface area contributed by atoms with E-state index in [-0.39, 0.29) is 18.8 Å². The van der Waals surface area contributed by atoms with Gasteiger partial charge in [0.05, 0.1) is 17.6 Å². The van der Waals surface area contributed by atoms with Gasteiger partial charge in [-0.05, 0) is 6.92 Å². The Kier molecular flexibility index (Phi) is 3.34. The summed E-state index contributed by atoms with van der Waals surface area (Å²) in [5, 5.41) is 20.7. The minimum atomic E-state index is -0.979. The molecule has 1 heterocycles. The Bertz CT molecular complexity index is 579. The average molecular weight is 284 g/mol. The average Bonchev–Trinajstić information content (AvgIpc) is 2.34. The van der Waals surface area contributed by atoms with Crippen LogP contribution in [0, 0.1) is 15.9 Å². The van der Waals surface area contributed by atoms with Crippen molar-refractivity contribution in [1.82, 2.24) is 0 Å². The second-order valence-electron chi connectivity index (χ2n) is 4.92. The summed E-state index contributed by atoms with van der Waals surface area (Å²) in [7, 11) is 1.06. The van der Waals surface area contributed by atoms with Crippen LogP contribution in [0.5, 0.6) is 0 Å². The van der Waals surface area contributed by atoms with E-state index < -0.39 is 33.6 Å². The van der Waals surface area contributed by atoms with Crippen LogP contribution < -0.4 is 4.90 Å². The molecule has 1 saturated heterocycles. The van der Waals surface area contributed by atoms with Crippen LogP contribution in [0.4, 0.5) is 15.8 Å². The Morgan fingerprint density at radius 2 is 2.15 bits per heavy atom. The number of benzene rings is 1. The molecule has 0 aromatic heterocycles. The lowest BCUT2D eigenvalue weighted by molar-refractivity contribution is -0.384.